The minimum atomic E-state index is -0.563. The van der Waals surface area contributed by atoms with Gasteiger partial charge in [0.25, 0.3) is 0 Å². The Balaban J connectivity index is 2.02. The SMILES string of the molecule is COC(=O)C1(c2nc(-c3cccs3)nn2C)CC1. The molecule has 3 rings (SSSR count). The van der Waals surface area contributed by atoms with Crippen molar-refractivity contribution in [2.24, 2.45) is 7.05 Å². The maximum atomic E-state index is 11.8. The van der Waals surface area contributed by atoms with Crippen molar-refractivity contribution in [1.29, 1.82) is 0 Å². The summed E-state index contributed by atoms with van der Waals surface area (Å²) in [7, 11) is 3.24. The number of thiophene rings is 1. The van der Waals surface area contributed by atoms with Crippen LogP contribution < -0.4 is 0 Å². The highest BCUT2D eigenvalue weighted by Crippen LogP contribution is 2.48. The number of esters is 1. The maximum absolute atomic E-state index is 11.8. The Morgan fingerprint density at radius 2 is 2.33 bits per heavy atom. The highest BCUT2D eigenvalue weighted by Gasteiger charge is 2.56. The first-order chi connectivity index (χ1) is 8.67. The van der Waals surface area contributed by atoms with Crippen LogP contribution >= 0.6 is 11.3 Å². The zero-order valence-corrected chi connectivity index (χ0v) is 11.0. The largest absolute Gasteiger partial charge is 0.468 e. The van der Waals surface area contributed by atoms with E-state index in [1.807, 2.05) is 24.6 Å². The summed E-state index contributed by atoms with van der Waals surface area (Å²) in [6.07, 6.45) is 1.58. The van der Waals surface area contributed by atoms with Crippen LogP contribution in [0.3, 0.4) is 0 Å². The van der Waals surface area contributed by atoms with Gasteiger partial charge in [-0.15, -0.1) is 11.3 Å². The quantitative estimate of drug-likeness (QED) is 0.792. The molecule has 0 N–H and O–H groups in total. The number of methoxy groups -OCH3 is 1. The van der Waals surface area contributed by atoms with Crippen molar-refractivity contribution in [3.63, 3.8) is 0 Å². The number of nitrogens with zero attached hydrogens (tertiary/aromatic N) is 3. The van der Waals surface area contributed by atoms with Crippen LogP contribution in [0.15, 0.2) is 17.5 Å². The van der Waals surface area contributed by atoms with Gasteiger partial charge in [-0.25, -0.2) is 4.98 Å². The lowest BCUT2D eigenvalue weighted by molar-refractivity contribution is -0.144. The molecular weight excluding hydrogens is 250 g/mol. The molecule has 0 aromatic carbocycles. The minimum Gasteiger partial charge on any atom is -0.468 e. The number of aromatic nitrogens is 3. The molecule has 1 aliphatic rings. The van der Waals surface area contributed by atoms with Gasteiger partial charge in [-0.3, -0.25) is 9.48 Å². The van der Waals surface area contributed by atoms with Gasteiger partial charge in [0.2, 0.25) is 0 Å². The van der Waals surface area contributed by atoms with E-state index in [2.05, 4.69) is 10.1 Å². The van der Waals surface area contributed by atoms with Crippen molar-refractivity contribution in [2.75, 3.05) is 7.11 Å². The topological polar surface area (TPSA) is 57.0 Å². The zero-order valence-electron chi connectivity index (χ0n) is 10.2. The van der Waals surface area contributed by atoms with E-state index in [-0.39, 0.29) is 5.97 Å². The van der Waals surface area contributed by atoms with E-state index in [1.54, 1.807) is 16.0 Å². The van der Waals surface area contributed by atoms with Crippen LogP contribution in [0.5, 0.6) is 0 Å². The fraction of sp³-hybridized carbons (Fsp3) is 0.417. The van der Waals surface area contributed by atoms with Gasteiger partial charge < -0.3 is 4.74 Å². The van der Waals surface area contributed by atoms with Crippen molar-refractivity contribution >= 4 is 17.3 Å². The molecule has 1 aliphatic carbocycles. The molecule has 0 spiro atoms. The average molecular weight is 263 g/mol. The molecule has 0 radical (unpaired) electrons. The van der Waals surface area contributed by atoms with E-state index in [1.165, 1.54) is 7.11 Å². The Bertz CT molecular complexity index is 584. The highest BCUT2D eigenvalue weighted by atomic mass is 32.1. The van der Waals surface area contributed by atoms with E-state index in [9.17, 15) is 4.79 Å². The first-order valence-corrected chi connectivity index (χ1v) is 6.59. The Labute approximate surface area is 108 Å². The van der Waals surface area contributed by atoms with Gasteiger partial charge in [0, 0.05) is 7.05 Å². The maximum Gasteiger partial charge on any atom is 0.319 e. The molecule has 0 saturated heterocycles. The van der Waals surface area contributed by atoms with Crippen LogP contribution in [0.25, 0.3) is 10.7 Å². The van der Waals surface area contributed by atoms with Crippen molar-refractivity contribution in [3.05, 3.63) is 23.3 Å². The molecule has 1 fully saturated rings. The van der Waals surface area contributed by atoms with Crippen LogP contribution in [0.1, 0.15) is 18.7 Å². The second-order valence-corrected chi connectivity index (χ2v) is 5.38. The van der Waals surface area contributed by atoms with Gasteiger partial charge in [-0.1, -0.05) is 6.07 Å². The predicted molar refractivity (Wildman–Crippen MR) is 67.2 cm³/mol. The molecule has 0 atom stereocenters. The zero-order chi connectivity index (χ0) is 12.8. The van der Waals surface area contributed by atoms with Crippen molar-refractivity contribution in [1.82, 2.24) is 14.8 Å². The molecule has 2 aromatic rings. The second-order valence-electron chi connectivity index (χ2n) is 4.43. The van der Waals surface area contributed by atoms with Gasteiger partial charge in [0.15, 0.2) is 5.82 Å². The summed E-state index contributed by atoms with van der Waals surface area (Å²) >= 11 is 1.59. The monoisotopic (exact) mass is 263 g/mol. The molecule has 2 aromatic heterocycles. The van der Waals surface area contributed by atoms with Crippen molar-refractivity contribution < 1.29 is 9.53 Å². The summed E-state index contributed by atoms with van der Waals surface area (Å²) < 4.78 is 6.56. The van der Waals surface area contributed by atoms with Gasteiger partial charge in [-0.2, -0.15) is 5.10 Å². The van der Waals surface area contributed by atoms with Gasteiger partial charge in [0.05, 0.1) is 12.0 Å². The van der Waals surface area contributed by atoms with Crippen molar-refractivity contribution in [3.8, 4) is 10.7 Å². The molecule has 6 heteroatoms. The normalized spacial score (nSPS) is 16.6. The molecule has 0 amide bonds. The van der Waals surface area contributed by atoms with Crippen LogP contribution in [0.2, 0.25) is 0 Å². The number of carbonyl (C=O) groups excluding carboxylic acids is 1. The highest BCUT2D eigenvalue weighted by molar-refractivity contribution is 7.13. The van der Waals surface area contributed by atoms with E-state index in [0.717, 1.165) is 17.7 Å². The molecule has 1 saturated carbocycles. The van der Waals surface area contributed by atoms with E-state index in [4.69, 9.17) is 4.74 Å². The number of carbonyl (C=O) groups is 1. The average Bonchev–Trinajstić information content (AvgIpc) is 2.83. The van der Waals surface area contributed by atoms with Crippen LogP contribution in [-0.4, -0.2) is 27.8 Å². The van der Waals surface area contributed by atoms with Crippen LogP contribution in [0.4, 0.5) is 0 Å². The minimum absolute atomic E-state index is 0.212. The lowest BCUT2D eigenvalue weighted by Crippen LogP contribution is -2.25. The molecule has 18 heavy (non-hydrogen) atoms. The molecule has 0 aliphatic heterocycles. The Morgan fingerprint density at radius 1 is 1.56 bits per heavy atom. The first kappa shape index (κ1) is 11.4. The number of hydrogen-bond acceptors (Lipinski definition) is 5. The lowest BCUT2D eigenvalue weighted by Gasteiger charge is -2.10. The van der Waals surface area contributed by atoms with Gasteiger partial charge in [0.1, 0.15) is 11.2 Å². The number of ether oxygens (including phenoxy) is 1. The summed E-state index contributed by atoms with van der Waals surface area (Å²) in [5, 5.41) is 6.37. The summed E-state index contributed by atoms with van der Waals surface area (Å²) in [6, 6.07) is 3.94. The fourth-order valence-electron chi connectivity index (χ4n) is 2.15. The molecule has 94 valence electrons. The number of rotatable bonds is 3. The van der Waals surface area contributed by atoms with Crippen LogP contribution in [-0.2, 0) is 22.0 Å². The molecule has 2 heterocycles. The number of hydrogen-bond donors (Lipinski definition) is 0. The fourth-order valence-corrected chi connectivity index (χ4v) is 2.80. The third-order valence-corrected chi connectivity index (χ3v) is 4.12. The van der Waals surface area contributed by atoms with E-state index >= 15 is 0 Å². The van der Waals surface area contributed by atoms with Crippen molar-refractivity contribution in [2.45, 2.75) is 18.3 Å². The second kappa shape index (κ2) is 3.91. The van der Waals surface area contributed by atoms with Gasteiger partial charge in [-0.05, 0) is 24.3 Å². The third-order valence-electron chi connectivity index (χ3n) is 3.26. The summed E-state index contributed by atoms with van der Waals surface area (Å²) in [6.45, 7) is 0. The molecular formula is C12H13N3O2S. The van der Waals surface area contributed by atoms with Gasteiger partial charge >= 0.3 is 5.97 Å². The smallest absolute Gasteiger partial charge is 0.319 e. The Kier molecular flexibility index (Phi) is 2.48. The Morgan fingerprint density at radius 3 is 2.89 bits per heavy atom. The lowest BCUT2D eigenvalue weighted by atomic mass is 10.1. The molecule has 0 bridgehead atoms. The summed E-state index contributed by atoms with van der Waals surface area (Å²) in [4.78, 5) is 17.4. The van der Waals surface area contributed by atoms with E-state index < -0.39 is 5.41 Å². The summed E-state index contributed by atoms with van der Waals surface area (Å²) in [5.41, 5.74) is -0.563. The van der Waals surface area contributed by atoms with Crippen LogP contribution in [0, 0.1) is 0 Å². The number of aryl methyl sites for hydroxylation is 1. The molecule has 5 nitrogen and oxygen atoms in total. The van der Waals surface area contributed by atoms with E-state index in [0.29, 0.717) is 11.6 Å². The standard InChI is InChI=1S/C12H13N3O2S/c1-15-10(12(5-6-12)11(16)17-2)13-9(14-15)8-4-3-7-18-8/h3-4,7H,5-6H2,1-2H3. The third kappa shape index (κ3) is 1.56. The Hall–Kier alpha value is -1.69. The first-order valence-electron chi connectivity index (χ1n) is 5.71. The predicted octanol–water partition coefficient (Wildman–Crippen LogP) is 1.75. The summed E-state index contributed by atoms with van der Waals surface area (Å²) in [5.74, 6) is 1.17. The molecule has 0 unspecified atom stereocenters.